The summed E-state index contributed by atoms with van der Waals surface area (Å²) in [7, 11) is -2.32. The molecule has 0 unspecified atom stereocenters. The van der Waals surface area contributed by atoms with Crippen LogP contribution < -0.4 is 5.32 Å². The first-order valence-corrected chi connectivity index (χ1v) is 10.7. The zero-order chi connectivity index (χ0) is 20.7. The Hall–Kier alpha value is -2.22. The summed E-state index contributed by atoms with van der Waals surface area (Å²) in [5.74, 6) is 0.286. The van der Waals surface area contributed by atoms with E-state index in [1.54, 1.807) is 30.3 Å². The summed E-state index contributed by atoms with van der Waals surface area (Å²) in [4.78, 5) is 12.6. The molecule has 7 heteroatoms. The Morgan fingerprint density at radius 3 is 2.36 bits per heavy atom. The van der Waals surface area contributed by atoms with Crippen molar-refractivity contribution in [2.75, 3.05) is 20.2 Å². The molecule has 152 valence electrons. The zero-order valence-electron chi connectivity index (χ0n) is 16.6. The highest BCUT2D eigenvalue weighted by Gasteiger charge is 2.23. The van der Waals surface area contributed by atoms with Gasteiger partial charge in [-0.1, -0.05) is 44.2 Å². The van der Waals surface area contributed by atoms with Crippen LogP contribution in [0.15, 0.2) is 53.4 Å². The molecule has 0 fully saturated rings. The van der Waals surface area contributed by atoms with Gasteiger partial charge in [-0.2, -0.15) is 4.31 Å². The molecule has 2 aromatic rings. The maximum atomic E-state index is 12.7. The lowest BCUT2D eigenvalue weighted by molar-refractivity contribution is 0.0950. The van der Waals surface area contributed by atoms with Gasteiger partial charge in [-0.05, 0) is 41.7 Å². The molecular weight excluding hydrogens is 376 g/mol. The molecule has 0 heterocycles. The van der Waals surface area contributed by atoms with Crippen molar-refractivity contribution in [2.24, 2.45) is 5.92 Å². The average molecular weight is 405 g/mol. The van der Waals surface area contributed by atoms with Crippen LogP contribution in [0.25, 0.3) is 0 Å². The molecule has 6 nitrogen and oxygen atoms in total. The molecule has 28 heavy (non-hydrogen) atoms. The number of hydrogen-bond acceptors (Lipinski definition) is 4. The largest absolute Gasteiger partial charge is 0.395 e. The van der Waals surface area contributed by atoms with E-state index >= 15 is 0 Å². The summed E-state index contributed by atoms with van der Waals surface area (Å²) in [6.07, 6.45) is 0.953. The molecule has 0 aliphatic rings. The molecule has 1 amide bonds. The van der Waals surface area contributed by atoms with Crippen molar-refractivity contribution in [1.82, 2.24) is 9.62 Å². The Kier molecular flexibility index (Phi) is 7.74. The summed E-state index contributed by atoms with van der Waals surface area (Å²) < 4.78 is 26.5. The number of nitrogens with zero attached hydrogens (tertiary/aromatic N) is 1. The minimum Gasteiger partial charge on any atom is -0.395 e. The first-order valence-electron chi connectivity index (χ1n) is 9.28. The number of benzene rings is 2. The number of carbonyl (C=O) groups excluding carboxylic acids is 1. The second kappa shape index (κ2) is 9.82. The normalized spacial score (nSPS) is 11.8. The molecule has 0 atom stereocenters. The van der Waals surface area contributed by atoms with Crippen LogP contribution >= 0.6 is 0 Å². The summed E-state index contributed by atoms with van der Waals surface area (Å²) in [5.41, 5.74) is 2.21. The van der Waals surface area contributed by atoms with Crippen LogP contribution in [-0.4, -0.2) is 43.9 Å². The fourth-order valence-corrected chi connectivity index (χ4v) is 4.25. The fraction of sp³-hybridized carbons (Fsp3) is 0.381. The zero-order valence-corrected chi connectivity index (χ0v) is 17.4. The number of amides is 1. The molecule has 0 saturated carbocycles. The van der Waals surface area contributed by atoms with E-state index in [9.17, 15) is 13.2 Å². The van der Waals surface area contributed by atoms with Gasteiger partial charge in [0, 0.05) is 25.7 Å². The van der Waals surface area contributed by atoms with Crippen LogP contribution in [0.2, 0.25) is 0 Å². The van der Waals surface area contributed by atoms with E-state index in [0.717, 1.165) is 10.7 Å². The molecule has 0 saturated heterocycles. The molecule has 0 bridgehead atoms. The van der Waals surface area contributed by atoms with Crippen molar-refractivity contribution in [3.05, 3.63) is 65.2 Å². The van der Waals surface area contributed by atoms with Gasteiger partial charge in [0.05, 0.1) is 11.5 Å². The van der Waals surface area contributed by atoms with E-state index in [4.69, 9.17) is 5.11 Å². The second-order valence-electron chi connectivity index (χ2n) is 7.14. The van der Waals surface area contributed by atoms with Crippen LogP contribution in [0.4, 0.5) is 0 Å². The third-order valence-corrected chi connectivity index (χ3v) is 6.33. The quantitative estimate of drug-likeness (QED) is 0.672. The number of nitrogens with one attached hydrogen (secondary N) is 1. The lowest BCUT2D eigenvalue weighted by atomic mass is 10.0. The molecule has 2 rings (SSSR count). The monoisotopic (exact) mass is 404 g/mol. The summed E-state index contributed by atoms with van der Waals surface area (Å²) >= 11 is 0. The topological polar surface area (TPSA) is 86.7 Å². The van der Waals surface area contributed by atoms with Crippen LogP contribution in [0.5, 0.6) is 0 Å². The first-order chi connectivity index (χ1) is 13.3. The lowest BCUT2D eigenvalue weighted by Crippen LogP contribution is -2.31. The van der Waals surface area contributed by atoms with Crippen molar-refractivity contribution in [3.8, 4) is 0 Å². The van der Waals surface area contributed by atoms with Crippen LogP contribution in [0.3, 0.4) is 0 Å². The van der Waals surface area contributed by atoms with Crippen LogP contribution in [-0.2, 0) is 23.0 Å². The van der Waals surface area contributed by atoms with Crippen molar-refractivity contribution in [1.29, 1.82) is 0 Å². The van der Waals surface area contributed by atoms with Gasteiger partial charge in [0.1, 0.15) is 0 Å². The van der Waals surface area contributed by atoms with Crippen LogP contribution in [0.1, 0.15) is 35.3 Å². The number of likely N-dealkylation sites (N-methyl/N-ethyl adjacent to an activating group) is 1. The number of aliphatic hydroxyl groups excluding tert-OH is 1. The predicted molar refractivity (Wildman–Crippen MR) is 109 cm³/mol. The SMILES string of the molecule is CC(C)Cc1ccc(C(=O)NCc2ccccc2S(=O)(=O)N(C)CCO)cc1. The lowest BCUT2D eigenvalue weighted by Gasteiger charge is -2.18. The maximum Gasteiger partial charge on any atom is 0.251 e. The second-order valence-corrected chi connectivity index (χ2v) is 9.15. The number of sulfonamides is 1. The third-order valence-electron chi connectivity index (χ3n) is 4.38. The van der Waals surface area contributed by atoms with Gasteiger partial charge in [-0.15, -0.1) is 0 Å². The maximum absolute atomic E-state index is 12.7. The number of rotatable bonds is 9. The summed E-state index contributed by atoms with van der Waals surface area (Å²) in [6.45, 7) is 4.12. The van der Waals surface area contributed by atoms with E-state index in [0.29, 0.717) is 17.0 Å². The van der Waals surface area contributed by atoms with Gasteiger partial charge in [0.2, 0.25) is 10.0 Å². The highest BCUT2D eigenvalue weighted by atomic mass is 32.2. The summed E-state index contributed by atoms with van der Waals surface area (Å²) in [5, 5.41) is 11.8. The minimum absolute atomic E-state index is 0.00571. The first kappa shape index (κ1) is 22.1. The molecule has 0 aromatic heterocycles. The van der Waals surface area contributed by atoms with Crippen LogP contribution in [0, 0.1) is 5.92 Å². The minimum atomic E-state index is -3.74. The molecule has 0 aliphatic heterocycles. The van der Waals surface area contributed by atoms with Gasteiger partial charge >= 0.3 is 0 Å². The smallest absolute Gasteiger partial charge is 0.251 e. The molecular formula is C21H28N2O4S. The molecule has 2 N–H and O–H groups in total. The van der Waals surface area contributed by atoms with Gasteiger partial charge in [0.25, 0.3) is 5.91 Å². The number of aliphatic hydroxyl groups is 1. The highest BCUT2D eigenvalue weighted by molar-refractivity contribution is 7.89. The molecule has 2 aromatic carbocycles. The standard InChI is InChI=1S/C21H28N2O4S/c1-16(2)14-17-8-10-18(11-9-17)21(25)22-15-19-6-4-5-7-20(19)28(26,27)23(3)12-13-24/h4-11,16,24H,12-15H2,1-3H3,(H,22,25). The van der Waals surface area contributed by atoms with E-state index in [1.807, 2.05) is 12.1 Å². The van der Waals surface area contributed by atoms with Crippen molar-refractivity contribution in [2.45, 2.75) is 31.7 Å². The molecule has 0 spiro atoms. The third kappa shape index (κ3) is 5.64. The number of carbonyl (C=O) groups is 1. The van der Waals surface area contributed by atoms with Gasteiger partial charge in [-0.3, -0.25) is 4.79 Å². The molecule has 0 aliphatic carbocycles. The van der Waals surface area contributed by atoms with Crippen molar-refractivity contribution >= 4 is 15.9 Å². The van der Waals surface area contributed by atoms with E-state index in [1.165, 1.54) is 18.7 Å². The van der Waals surface area contributed by atoms with Crippen molar-refractivity contribution < 1.29 is 18.3 Å². The Labute approximate surface area is 167 Å². The Bertz CT molecular complexity index is 893. The summed E-state index contributed by atoms with van der Waals surface area (Å²) in [6, 6.07) is 14.0. The molecule has 0 radical (unpaired) electrons. The van der Waals surface area contributed by atoms with E-state index in [2.05, 4.69) is 19.2 Å². The Balaban J connectivity index is 2.12. The van der Waals surface area contributed by atoms with E-state index in [-0.39, 0.29) is 30.5 Å². The fourth-order valence-electron chi connectivity index (χ4n) is 2.87. The van der Waals surface area contributed by atoms with Gasteiger partial charge < -0.3 is 10.4 Å². The van der Waals surface area contributed by atoms with Gasteiger partial charge in [-0.25, -0.2) is 8.42 Å². The van der Waals surface area contributed by atoms with Gasteiger partial charge in [0.15, 0.2) is 0 Å². The predicted octanol–water partition coefficient (Wildman–Crippen LogP) is 2.43. The number of hydrogen-bond donors (Lipinski definition) is 2. The highest BCUT2D eigenvalue weighted by Crippen LogP contribution is 2.19. The van der Waals surface area contributed by atoms with E-state index < -0.39 is 10.0 Å². The Morgan fingerprint density at radius 1 is 1.11 bits per heavy atom. The van der Waals surface area contributed by atoms with Crippen molar-refractivity contribution in [3.63, 3.8) is 0 Å². The Morgan fingerprint density at radius 2 is 1.75 bits per heavy atom. The average Bonchev–Trinajstić information content (AvgIpc) is 2.66.